The lowest BCUT2D eigenvalue weighted by molar-refractivity contribution is -0.177. The van der Waals surface area contributed by atoms with Crippen molar-refractivity contribution in [3.05, 3.63) is 0 Å². The van der Waals surface area contributed by atoms with Crippen LogP contribution in [0.4, 0.5) is 13.6 Å². The van der Waals surface area contributed by atoms with E-state index in [9.17, 15) is 13.6 Å². The van der Waals surface area contributed by atoms with Gasteiger partial charge in [-0.2, -0.15) is 0 Å². The van der Waals surface area contributed by atoms with Gasteiger partial charge in [-0.15, -0.1) is 0 Å². The molecule has 3 rings (SSSR count). The maximum atomic E-state index is 13.2. The van der Waals surface area contributed by atoms with E-state index in [1.807, 2.05) is 20.8 Å². The number of alkyl halides is 2. The molecule has 2 heterocycles. The van der Waals surface area contributed by atoms with Gasteiger partial charge in [0.1, 0.15) is 11.2 Å². The maximum Gasteiger partial charge on any atom is 0.410 e. The molecule has 1 aliphatic carbocycles. The number of hydrogen-bond donors (Lipinski definition) is 1. The second-order valence-corrected chi connectivity index (χ2v) is 7.65. The lowest BCUT2D eigenvalue weighted by Crippen LogP contribution is -2.75. The Kier molecular flexibility index (Phi) is 3.64. The van der Waals surface area contributed by atoms with E-state index in [0.717, 1.165) is 0 Å². The van der Waals surface area contributed by atoms with E-state index in [4.69, 9.17) is 9.47 Å². The zero-order chi connectivity index (χ0) is 16.2. The highest BCUT2D eigenvalue weighted by Gasteiger charge is 2.61. The van der Waals surface area contributed by atoms with Crippen LogP contribution in [0, 0.1) is 5.92 Å². The van der Waals surface area contributed by atoms with Gasteiger partial charge in [-0.1, -0.05) is 0 Å². The zero-order valence-corrected chi connectivity index (χ0v) is 13.3. The van der Waals surface area contributed by atoms with Crippen molar-refractivity contribution in [2.45, 2.75) is 56.8 Å². The summed E-state index contributed by atoms with van der Waals surface area (Å²) in [6.07, 6.45) is -0.00515. The molecule has 3 fully saturated rings. The van der Waals surface area contributed by atoms with Gasteiger partial charge in [-0.3, -0.25) is 0 Å². The molecule has 0 aromatic rings. The number of likely N-dealkylation sites (tertiary alicyclic amines) is 1. The lowest BCUT2D eigenvalue weighted by Gasteiger charge is -2.55. The summed E-state index contributed by atoms with van der Waals surface area (Å²) in [4.78, 5) is 13.6. The molecular weight excluding hydrogens is 294 g/mol. The summed E-state index contributed by atoms with van der Waals surface area (Å²) in [5.41, 5.74) is -1.07. The third-order valence-electron chi connectivity index (χ3n) is 4.56. The summed E-state index contributed by atoms with van der Waals surface area (Å²) in [5.74, 6) is -3.08. The van der Waals surface area contributed by atoms with Crippen molar-refractivity contribution >= 4 is 6.09 Å². The summed E-state index contributed by atoms with van der Waals surface area (Å²) >= 11 is 0. The SMILES string of the molecule is CC(C)(C)OC(=O)N1CC2(C1)OCCNC2CC1CC1(F)F. The van der Waals surface area contributed by atoms with Crippen molar-refractivity contribution in [2.75, 3.05) is 26.2 Å². The number of halogens is 2. The average molecular weight is 318 g/mol. The normalized spacial score (nSPS) is 32.5. The molecule has 0 aromatic carbocycles. The molecule has 7 heteroatoms. The molecule has 2 aliphatic heterocycles. The Morgan fingerprint density at radius 1 is 1.41 bits per heavy atom. The molecule has 1 amide bonds. The number of nitrogens with zero attached hydrogens (tertiary/aromatic N) is 1. The van der Waals surface area contributed by atoms with E-state index in [1.165, 1.54) is 0 Å². The highest BCUT2D eigenvalue weighted by atomic mass is 19.3. The number of rotatable bonds is 2. The summed E-state index contributed by atoms with van der Waals surface area (Å²) in [6, 6.07) is -0.127. The molecule has 1 saturated carbocycles. The largest absolute Gasteiger partial charge is 0.444 e. The van der Waals surface area contributed by atoms with Crippen molar-refractivity contribution < 1.29 is 23.0 Å². The summed E-state index contributed by atoms with van der Waals surface area (Å²) in [7, 11) is 0. The van der Waals surface area contributed by atoms with Gasteiger partial charge in [0.25, 0.3) is 5.92 Å². The van der Waals surface area contributed by atoms with Crippen LogP contribution in [0.5, 0.6) is 0 Å². The molecule has 22 heavy (non-hydrogen) atoms. The summed E-state index contributed by atoms with van der Waals surface area (Å²) in [6.45, 7) is 7.46. The predicted octanol–water partition coefficient (Wildman–Crippen LogP) is 2.01. The second-order valence-electron chi connectivity index (χ2n) is 7.65. The van der Waals surface area contributed by atoms with E-state index in [0.29, 0.717) is 32.7 Å². The van der Waals surface area contributed by atoms with Crippen LogP contribution in [0.3, 0.4) is 0 Å². The molecule has 3 aliphatic rings. The van der Waals surface area contributed by atoms with Crippen LogP contribution in [-0.2, 0) is 9.47 Å². The maximum absolute atomic E-state index is 13.2. The molecule has 2 unspecified atom stereocenters. The van der Waals surface area contributed by atoms with Crippen LogP contribution in [0.2, 0.25) is 0 Å². The summed E-state index contributed by atoms with van der Waals surface area (Å²) in [5, 5.41) is 3.29. The molecule has 0 aromatic heterocycles. The van der Waals surface area contributed by atoms with Crippen molar-refractivity contribution in [3.63, 3.8) is 0 Å². The van der Waals surface area contributed by atoms with Crippen molar-refractivity contribution in [1.82, 2.24) is 10.2 Å². The minimum Gasteiger partial charge on any atom is -0.444 e. The Morgan fingerprint density at radius 2 is 2.05 bits per heavy atom. The van der Waals surface area contributed by atoms with Gasteiger partial charge in [-0.25, -0.2) is 13.6 Å². The first-order chi connectivity index (χ1) is 10.1. The van der Waals surface area contributed by atoms with E-state index in [-0.39, 0.29) is 18.6 Å². The van der Waals surface area contributed by atoms with Gasteiger partial charge in [0.15, 0.2) is 0 Å². The molecule has 0 bridgehead atoms. The third-order valence-corrected chi connectivity index (χ3v) is 4.56. The zero-order valence-electron chi connectivity index (χ0n) is 13.3. The number of ether oxygens (including phenoxy) is 2. The van der Waals surface area contributed by atoms with Crippen LogP contribution in [0.15, 0.2) is 0 Å². The third kappa shape index (κ3) is 3.06. The van der Waals surface area contributed by atoms with Crippen molar-refractivity contribution in [3.8, 4) is 0 Å². The van der Waals surface area contributed by atoms with Crippen molar-refractivity contribution in [1.29, 1.82) is 0 Å². The Balaban J connectivity index is 1.57. The second kappa shape index (κ2) is 5.03. The van der Waals surface area contributed by atoms with E-state index < -0.39 is 23.0 Å². The number of amides is 1. The molecule has 1 N–H and O–H groups in total. The first-order valence-electron chi connectivity index (χ1n) is 7.84. The van der Waals surface area contributed by atoms with E-state index in [2.05, 4.69) is 5.32 Å². The Hall–Kier alpha value is -0.950. The molecule has 0 radical (unpaired) electrons. The highest BCUT2D eigenvalue weighted by molar-refractivity contribution is 5.69. The van der Waals surface area contributed by atoms with Crippen LogP contribution in [-0.4, -0.2) is 60.4 Å². The van der Waals surface area contributed by atoms with Crippen LogP contribution >= 0.6 is 0 Å². The van der Waals surface area contributed by atoms with Gasteiger partial charge in [0, 0.05) is 24.9 Å². The van der Waals surface area contributed by atoms with Crippen LogP contribution in [0.1, 0.15) is 33.6 Å². The topological polar surface area (TPSA) is 50.8 Å². The van der Waals surface area contributed by atoms with Gasteiger partial charge in [-0.05, 0) is 27.2 Å². The van der Waals surface area contributed by atoms with Crippen LogP contribution in [0.25, 0.3) is 0 Å². The number of carbonyl (C=O) groups is 1. The number of morpholine rings is 1. The number of hydrogen-bond acceptors (Lipinski definition) is 4. The highest BCUT2D eigenvalue weighted by Crippen LogP contribution is 2.52. The smallest absolute Gasteiger partial charge is 0.410 e. The van der Waals surface area contributed by atoms with E-state index >= 15 is 0 Å². The predicted molar refractivity (Wildman–Crippen MR) is 76.0 cm³/mol. The fourth-order valence-corrected chi connectivity index (χ4v) is 3.25. The monoisotopic (exact) mass is 318 g/mol. The molecular formula is C15H24F2N2O3. The first-order valence-corrected chi connectivity index (χ1v) is 7.84. The Bertz CT molecular complexity index is 458. The minimum absolute atomic E-state index is 0.0307. The standard InChI is InChI=1S/C15H24F2N2O3/c1-13(2,3)22-12(20)19-8-14(9-19)11(18-4-5-21-14)6-10-7-15(10,16)17/h10-11,18H,4-9H2,1-3H3. The molecule has 1 spiro atoms. The van der Waals surface area contributed by atoms with E-state index in [1.54, 1.807) is 4.90 Å². The molecule has 126 valence electrons. The molecule has 5 nitrogen and oxygen atoms in total. The van der Waals surface area contributed by atoms with Gasteiger partial charge in [0.05, 0.1) is 19.7 Å². The fraction of sp³-hybridized carbons (Fsp3) is 0.933. The van der Waals surface area contributed by atoms with Crippen molar-refractivity contribution in [2.24, 2.45) is 5.92 Å². The molecule has 2 saturated heterocycles. The van der Waals surface area contributed by atoms with Crippen LogP contribution < -0.4 is 5.32 Å². The lowest BCUT2D eigenvalue weighted by atomic mass is 9.82. The molecule has 2 atom stereocenters. The minimum atomic E-state index is -2.52. The quantitative estimate of drug-likeness (QED) is 0.846. The summed E-state index contributed by atoms with van der Waals surface area (Å²) < 4.78 is 37.5. The van der Waals surface area contributed by atoms with Gasteiger partial charge in [0.2, 0.25) is 0 Å². The Labute approximate surface area is 129 Å². The first kappa shape index (κ1) is 15.9. The van der Waals surface area contributed by atoms with Gasteiger partial charge >= 0.3 is 6.09 Å². The fourth-order valence-electron chi connectivity index (χ4n) is 3.25. The average Bonchev–Trinajstić information content (AvgIpc) is 2.92. The number of carbonyl (C=O) groups excluding carboxylic acids is 1. The number of nitrogens with one attached hydrogen (secondary N) is 1. The van der Waals surface area contributed by atoms with Gasteiger partial charge < -0.3 is 19.7 Å². The Morgan fingerprint density at radius 3 is 2.59 bits per heavy atom.